The molecule has 0 spiro atoms. The van der Waals surface area contributed by atoms with Gasteiger partial charge >= 0.3 is 5.97 Å². The molecule has 5 rings (SSSR count). The first-order valence-electron chi connectivity index (χ1n) is 14.4. The minimum atomic E-state index is -0.513. The number of nitrogens with zero attached hydrogens (tertiary/aromatic N) is 8. The molecule has 2 aromatic carbocycles. The average molecular weight is 605 g/mol. The first-order chi connectivity index (χ1) is 21.7. The van der Waals surface area contributed by atoms with E-state index in [9.17, 15) is 14.9 Å². The maximum Gasteiger partial charge on any atom is 0.341 e. The molecule has 13 heteroatoms. The number of esters is 1. The zero-order chi connectivity index (χ0) is 32.1. The Kier molecular flexibility index (Phi) is 8.94. The molecule has 0 saturated heterocycles. The minimum absolute atomic E-state index is 0.0315. The maximum atomic E-state index is 14.5. The van der Waals surface area contributed by atoms with Crippen LogP contribution in [0.4, 0.5) is 17.7 Å². The van der Waals surface area contributed by atoms with Crippen molar-refractivity contribution in [2.45, 2.75) is 39.8 Å². The molecule has 45 heavy (non-hydrogen) atoms. The molecule has 0 amide bonds. The summed E-state index contributed by atoms with van der Waals surface area (Å²) in [7, 11) is 1.80. The van der Waals surface area contributed by atoms with Gasteiger partial charge in [0.2, 0.25) is 11.9 Å². The Hall–Kier alpha value is -5.90. The van der Waals surface area contributed by atoms with Crippen molar-refractivity contribution >= 4 is 34.6 Å². The molecule has 0 radical (unpaired) electrons. The van der Waals surface area contributed by atoms with Gasteiger partial charge in [0.15, 0.2) is 0 Å². The number of nitrogens with one attached hydrogen (secondary N) is 1. The molecule has 228 valence electrons. The predicted octanol–water partition coefficient (Wildman–Crippen LogP) is 4.10. The van der Waals surface area contributed by atoms with Gasteiger partial charge in [-0.25, -0.2) is 24.7 Å². The lowest BCUT2D eigenvalue weighted by Crippen LogP contribution is -2.30. The number of hydrogen-bond donors (Lipinski definition) is 2. The molecule has 13 nitrogen and oxygen atoms in total. The summed E-state index contributed by atoms with van der Waals surface area (Å²) in [5, 5.41) is 13.5. The minimum Gasteiger partial charge on any atom is -0.462 e. The normalized spacial score (nSPS) is 11.5. The molecule has 3 N–H and O–H groups in total. The Morgan fingerprint density at radius 3 is 2.49 bits per heavy atom. The van der Waals surface area contributed by atoms with Gasteiger partial charge in [-0.2, -0.15) is 10.2 Å². The van der Waals surface area contributed by atoms with Crippen molar-refractivity contribution in [3.8, 4) is 11.8 Å². The Balaban J connectivity index is 1.60. The standard InChI is InChI=1S/C32H32N10O3/c1-5-24(38-27-23(15-33)19(3)37-31(34)40-27)28-39-25-14-10-11-20(26(25)29(43)42(28)22-12-8-7-9-13-22)18-41(4)32-35-16-21(17-36-32)30(44)45-6-2/h7-14,16-17,24H,5-6,18H2,1-4H3,(H3,34,37,38,40)/t24-/m0/s1. The highest BCUT2D eigenvalue weighted by molar-refractivity contribution is 5.88. The van der Waals surface area contributed by atoms with Crippen LogP contribution in [-0.4, -0.2) is 49.1 Å². The number of para-hydroxylation sites is 1. The number of carbonyl (C=O) groups excluding carboxylic acids is 1. The number of nitriles is 1. The van der Waals surface area contributed by atoms with Gasteiger partial charge < -0.3 is 20.7 Å². The van der Waals surface area contributed by atoms with Crippen LogP contribution in [-0.2, 0) is 11.3 Å². The Bertz CT molecular complexity index is 1950. The van der Waals surface area contributed by atoms with E-state index in [1.807, 2.05) is 49.4 Å². The number of aromatic nitrogens is 6. The number of nitrogens with two attached hydrogens (primary N) is 1. The summed E-state index contributed by atoms with van der Waals surface area (Å²) >= 11 is 0. The van der Waals surface area contributed by atoms with E-state index in [-0.39, 0.29) is 35.1 Å². The largest absolute Gasteiger partial charge is 0.462 e. The van der Waals surface area contributed by atoms with Gasteiger partial charge in [0, 0.05) is 26.0 Å². The van der Waals surface area contributed by atoms with E-state index in [4.69, 9.17) is 15.5 Å². The van der Waals surface area contributed by atoms with Crippen molar-refractivity contribution in [2.24, 2.45) is 0 Å². The van der Waals surface area contributed by atoms with Crippen molar-refractivity contribution in [1.29, 1.82) is 5.26 Å². The van der Waals surface area contributed by atoms with Gasteiger partial charge in [-0.15, -0.1) is 0 Å². The number of aryl methyl sites for hydroxylation is 1. The van der Waals surface area contributed by atoms with Crippen LogP contribution in [0.25, 0.3) is 16.6 Å². The van der Waals surface area contributed by atoms with E-state index in [1.54, 1.807) is 36.4 Å². The maximum absolute atomic E-state index is 14.5. The molecule has 0 aliphatic carbocycles. The van der Waals surface area contributed by atoms with Crippen LogP contribution in [0, 0.1) is 18.3 Å². The molecule has 0 bridgehead atoms. The average Bonchev–Trinajstić information content (AvgIpc) is 3.04. The fourth-order valence-corrected chi connectivity index (χ4v) is 5.02. The third kappa shape index (κ3) is 6.25. The van der Waals surface area contributed by atoms with Crippen molar-refractivity contribution in [3.05, 3.63) is 99.5 Å². The van der Waals surface area contributed by atoms with E-state index in [2.05, 4.69) is 31.3 Å². The summed E-state index contributed by atoms with van der Waals surface area (Å²) in [6.07, 6.45) is 3.34. The number of hydrogen-bond acceptors (Lipinski definition) is 12. The molecule has 1 atom stereocenters. The van der Waals surface area contributed by atoms with Crippen LogP contribution >= 0.6 is 0 Å². The number of ether oxygens (including phenoxy) is 1. The fraction of sp³-hybridized carbons (Fsp3) is 0.250. The van der Waals surface area contributed by atoms with Crippen molar-refractivity contribution in [2.75, 3.05) is 29.6 Å². The van der Waals surface area contributed by atoms with Crippen molar-refractivity contribution in [3.63, 3.8) is 0 Å². The molecule has 0 aliphatic rings. The number of nitrogen functional groups attached to an aromatic ring is 1. The number of benzene rings is 2. The van der Waals surface area contributed by atoms with E-state index in [0.717, 1.165) is 0 Å². The lowest BCUT2D eigenvalue weighted by atomic mass is 10.1. The monoisotopic (exact) mass is 604 g/mol. The highest BCUT2D eigenvalue weighted by Crippen LogP contribution is 2.27. The van der Waals surface area contributed by atoms with Gasteiger partial charge in [-0.1, -0.05) is 37.3 Å². The number of anilines is 3. The van der Waals surface area contributed by atoms with Crippen LogP contribution in [0.15, 0.2) is 65.7 Å². The Morgan fingerprint density at radius 2 is 1.82 bits per heavy atom. The Morgan fingerprint density at radius 1 is 1.09 bits per heavy atom. The molecule has 0 fully saturated rings. The summed E-state index contributed by atoms with van der Waals surface area (Å²) < 4.78 is 6.60. The molecule has 0 saturated carbocycles. The molecular formula is C32H32N10O3. The van der Waals surface area contributed by atoms with Crippen LogP contribution in [0.3, 0.4) is 0 Å². The second-order valence-corrected chi connectivity index (χ2v) is 10.2. The number of carbonyl (C=O) groups is 1. The smallest absolute Gasteiger partial charge is 0.341 e. The van der Waals surface area contributed by atoms with E-state index in [1.165, 1.54) is 12.4 Å². The third-order valence-corrected chi connectivity index (χ3v) is 7.17. The molecule has 3 heterocycles. The third-order valence-electron chi connectivity index (χ3n) is 7.17. The predicted molar refractivity (Wildman–Crippen MR) is 170 cm³/mol. The van der Waals surface area contributed by atoms with Gasteiger partial charge in [0.25, 0.3) is 5.56 Å². The number of rotatable bonds is 10. The molecular weight excluding hydrogens is 572 g/mol. The molecule has 0 unspecified atom stereocenters. The topological polar surface area (TPSA) is 178 Å². The zero-order valence-electron chi connectivity index (χ0n) is 25.4. The van der Waals surface area contributed by atoms with Gasteiger partial charge in [-0.3, -0.25) is 9.36 Å². The molecule has 3 aromatic heterocycles. The van der Waals surface area contributed by atoms with E-state index < -0.39 is 12.0 Å². The molecule has 5 aromatic rings. The first-order valence-corrected chi connectivity index (χ1v) is 14.4. The SMILES string of the molecule is CCOC(=O)c1cnc(N(C)Cc2cccc3nc([C@H](CC)Nc4nc(N)nc(C)c4C#N)n(-c4ccccc4)c(=O)c23)nc1. The Labute approximate surface area is 259 Å². The summed E-state index contributed by atoms with van der Waals surface area (Å²) in [6, 6.07) is 16.4. The van der Waals surface area contributed by atoms with E-state index >= 15 is 0 Å². The molecule has 0 aliphatic heterocycles. The lowest BCUT2D eigenvalue weighted by Gasteiger charge is -2.24. The van der Waals surface area contributed by atoms with E-state index in [0.29, 0.717) is 52.6 Å². The zero-order valence-corrected chi connectivity index (χ0v) is 25.4. The van der Waals surface area contributed by atoms with Crippen LogP contribution in [0.2, 0.25) is 0 Å². The summed E-state index contributed by atoms with van der Waals surface area (Å²) in [5.74, 6) is 0.627. The first kappa shape index (κ1) is 30.6. The summed E-state index contributed by atoms with van der Waals surface area (Å²) in [6.45, 7) is 5.92. The van der Waals surface area contributed by atoms with Gasteiger partial charge in [-0.05, 0) is 44.0 Å². The fourth-order valence-electron chi connectivity index (χ4n) is 5.02. The van der Waals surface area contributed by atoms with Crippen molar-refractivity contribution in [1.82, 2.24) is 29.5 Å². The second-order valence-electron chi connectivity index (χ2n) is 10.2. The summed E-state index contributed by atoms with van der Waals surface area (Å²) in [4.78, 5) is 50.3. The van der Waals surface area contributed by atoms with Crippen molar-refractivity contribution < 1.29 is 9.53 Å². The quantitative estimate of drug-likeness (QED) is 0.218. The van der Waals surface area contributed by atoms with Crippen LogP contribution in [0.5, 0.6) is 0 Å². The van der Waals surface area contributed by atoms with Gasteiger partial charge in [0.05, 0.1) is 40.5 Å². The highest BCUT2D eigenvalue weighted by atomic mass is 16.5. The second kappa shape index (κ2) is 13.2. The van der Waals surface area contributed by atoms with Crippen LogP contribution < -0.4 is 21.5 Å². The summed E-state index contributed by atoms with van der Waals surface area (Å²) in [5.41, 5.74) is 8.47. The van der Waals surface area contributed by atoms with Crippen LogP contribution in [0.1, 0.15) is 59.3 Å². The van der Waals surface area contributed by atoms with Gasteiger partial charge in [0.1, 0.15) is 23.3 Å². The highest BCUT2D eigenvalue weighted by Gasteiger charge is 2.24. The lowest BCUT2D eigenvalue weighted by molar-refractivity contribution is 0.0525. The number of fused-ring (bicyclic) bond motifs is 1.